The largest absolute Gasteiger partial charge is 0.328 e. The van der Waals surface area contributed by atoms with E-state index in [4.69, 9.17) is 0 Å². The molecule has 1 aromatic heterocycles. The molecular weight excluding hydrogens is 324 g/mol. The third-order valence-electron chi connectivity index (χ3n) is 4.88. The molecule has 4 rings (SSSR count). The molecule has 5 heteroatoms. The molecule has 1 fully saturated rings. The van der Waals surface area contributed by atoms with Crippen LogP contribution < -0.4 is 0 Å². The summed E-state index contributed by atoms with van der Waals surface area (Å²) in [5.41, 5.74) is 2.80. The van der Waals surface area contributed by atoms with E-state index in [-0.39, 0.29) is 11.9 Å². The predicted octanol–water partition coefficient (Wildman–Crippen LogP) is 4.15. The first-order valence-corrected chi connectivity index (χ1v) is 9.08. The second-order valence-electron chi connectivity index (χ2n) is 6.79. The van der Waals surface area contributed by atoms with Gasteiger partial charge < -0.3 is 4.90 Å². The molecule has 0 saturated carbocycles. The number of aromatic amines is 1. The Kier molecular flexibility index (Phi) is 4.52. The molecular formula is C21H22N4O. The normalized spacial score (nSPS) is 17.3. The Morgan fingerprint density at radius 1 is 1.12 bits per heavy atom. The lowest BCUT2D eigenvalue weighted by molar-refractivity contribution is 0.0600. The van der Waals surface area contributed by atoms with Crippen molar-refractivity contribution < 1.29 is 4.79 Å². The highest BCUT2D eigenvalue weighted by atomic mass is 16.2. The highest BCUT2D eigenvalue weighted by Crippen LogP contribution is 2.31. The van der Waals surface area contributed by atoms with Gasteiger partial charge in [0.25, 0.3) is 5.91 Å². The zero-order valence-corrected chi connectivity index (χ0v) is 14.9. The van der Waals surface area contributed by atoms with Gasteiger partial charge in [0.1, 0.15) is 5.82 Å². The number of hydrogen-bond donors (Lipinski definition) is 1. The Labute approximate surface area is 153 Å². The molecule has 1 amide bonds. The minimum atomic E-state index is -0.0540. The predicted molar refractivity (Wildman–Crippen MR) is 101 cm³/mol. The van der Waals surface area contributed by atoms with Crippen molar-refractivity contribution in [3.05, 3.63) is 71.5 Å². The van der Waals surface area contributed by atoms with Crippen LogP contribution in [0.1, 0.15) is 47.1 Å². The zero-order chi connectivity index (χ0) is 17.9. The maximum absolute atomic E-state index is 13.1. The summed E-state index contributed by atoms with van der Waals surface area (Å²) in [5, 5.41) is 7.43. The summed E-state index contributed by atoms with van der Waals surface area (Å²) < 4.78 is 0. The van der Waals surface area contributed by atoms with Crippen LogP contribution in [0, 0.1) is 6.92 Å². The quantitative estimate of drug-likeness (QED) is 0.775. The van der Waals surface area contributed by atoms with E-state index in [9.17, 15) is 4.79 Å². The molecule has 1 unspecified atom stereocenters. The molecule has 0 bridgehead atoms. The Balaban J connectivity index is 1.62. The SMILES string of the molecule is Cc1cccc(C(=O)N2CCCCC2c2nc(-c3ccccc3)n[nH]2)c1. The number of benzene rings is 2. The van der Waals surface area contributed by atoms with Crippen molar-refractivity contribution in [1.82, 2.24) is 20.1 Å². The number of amides is 1. The summed E-state index contributed by atoms with van der Waals surface area (Å²) in [6.07, 6.45) is 3.01. The Hall–Kier alpha value is -2.95. The van der Waals surface area contributed by atoms with Crippen LogP contribution >= 0.6 is 0 Å². The second-order valence-corrected chi connectivity index (χ2v) is 6.79. The molecule has 1 saturated heterocycles. The van der Waals surface area contributed by atoms with E-state index in [1.165, 1.54) is 0 Å². The van der Waals surface area contributed by atoms with Gasteiger partial charge in [0.2, 0.25) is 0 Å². The van der Waals surface area contributed by atoms with Crippen molar-refractivity contribution in [2.75, 3.05) is 6.54 Å². The van der Waals surface area contributed by atoms with Crippen LogP contribution in [0.25, 0.3) is 11.4 Å². The van der Waals surface area contributed by atoms with Crippen LogP contribution in [-0.4, -0.2) is 32.5 Å². The van der Waals surface area contributed by atoms with E-state index in [1.54, 1.807) is 0 Å². The van der Waals surface area contributed by atoms with Gasteiger partial charge in [-0.1, -0.05) is 48.0 Å². The molecule has 2 heterocycles. The summed E-state index contributed by atoms with van der Waals surface area (Å²) in [6, 6.07) is 17.6. The van der Waals surface area contributed by atoms with Gasteiger partial charge in [-0.2, -0.15) is 5.10 Å². The highest BCUT2D eigenvalue weighted by Gasteiger charge is 2.31. The molecule has 1 N–H and O–H groups in total. The molecule has 1 aliphatic heterocycles. The van der Waals surface area contributed by atoms with Gasteiger partial charge in [-0.05, 0) is 38.3 Å². The number of aromatic nitrogens is 3. The van der Waals surface area contributed by atoms with Gasteiger partial charge in [-0.3, -0.25) is 9.89 Å². The molecule has 1 atom stereocenters. The van der Waals surface area contributed by atoms with Crippen LogP contribution in [0.5, 0.6) is 0 Å². The Bertz CT molecular complexity index is 903. The van der Waals surface area contributed by atoms with Crippen molar-refractivity contribution in [3.8, 4) is 11.4 Å². The van der Waals surface area contributed by atoms with Gasteiger partial charge in [0, 0.05) is 17.7 Å². The first-order chi connectivity index (χ1) is 12.7. The van der Waals surface area contributed by atoms with Gasteiger partial charge in [0.05, 0.1) is 6.04 Å². The van der Waals surface area contributed by atoms with Crippen molar-refractivity contribution in [2.24, 2.45) is 0 Å². The minimum absolute atomic E-state index is 0.0540. The van der Waals surface area contributed by atoms with E-state index < -0.39 is 0 Å². The number of hydrogen-bond acceptors (Lipinski definition) is 3. The number of nitrogens with zero attached hydrogens (tertiary/aromatic N) is 3. The molecule has 0 aliphatic carbocycles. The fraction of sp³-hybridized carbons (Fsp3) is 0.286. The number of aryl methyl sites for hydroxylation is 1. The number of likely N-dealkylation sites (tertiary alicyclic amines) is 1. The number of carbonyl (C=O) groups excluding carboxylic acids is 1. The Morgan fingerprint density at radius 3 is 2.77 bits per heavy atom. The second kappa shape index (κ2) is 7.12. The van der Waals surface area contributed by atoms with Gasteiger partial charge >= 0.3 is 0 Å². The average Bonchev–Trinajstić information content (AvgIpc) is 3.18. The van der Waals surface area contributed by atoms with E-state index in [0.717, 1.165) is 48.3 Å². The zero-order valence-electron chi connectivity index (χ0n) is 14.9. The monoisotopic (exact) mass is 346 g/mol. The molecule has 5 nitrogen and oxygen atoms in total. The van der Waals surface area contributed by atoms with Crippen molar-refractivity contribution in [3.63, 3.8) is 0 Å². The smallest absolute Gasteiger partial charge is 0.254 e. The fourth-order valence-electron chi connectivity index (χ4n) is 3.54. The molecule has 0 radical (unpaired) electrons. The van der Waals surface area contributed by atoms with Crippen molar-refractivity contribution in [2.45, 2.75) is 32.2 Å². The molecule has 1 aliphatic rings. The summed E-state index contributed by atoms with van der Waals surface area (Å²) in [5.74, 6) is 1.51. The molecule has 26 heavy (non-hydrogen) atoms. The topological polar surface area (TPSA) is 61.9 Å². The number of nitrogens with one attached hydrogen (secondary N) is 1. The van der Waals surface area contributed by atoms with Gasteiger partial charge in [-0.15, -0.1) is 0 Å². The minimum Gasteiger partial charge on any atom is -0.328 e. The van der Waals surface area contributed by atoms with E-state index >= 15 is 0 Å². The lowest BCUT2D eigenvalue weighted by atomic mass is 9.99. The first-order valence-electron chi connectivity index (χ1n) is 9.08. The van der Waals surface area contributed by atoms with Crippen molar-refractivity contribution >= 4 is 5.91 Å². The third kappa shape index (κ3) is 3.25. The van der Waals surface area contributed by atoms with Crippen LogP contribution in [0.4, 0.5) is 0 Å². The standard InChI is InChI=1S/C21H22N4O/c1-15-8-7-11-17(14-15)21(26)25-13-6-5-12-18(25)20-22-19(23-24-20)16-9-3-2-4-10-16/h2-4,7-11,14,18H,5-6,12-13H2,1H3,(H,22,23,24). The van der Waals surface area contributed by atoms with E-state index in [1.807, 2.05) is 66.4 Å². The lowest BCUT2D eigenvalue weighted by Gasteiger charge is -2.34. The number of rotatable bonds is 3. The fourth-order valence-corrected chi connectivity index (χ4v) is 3.54. The maximum atomic E-state index is 13.1. The third-order valence-corrected chi connectivity index (χ3v) is 4.88. The van der Waals surface area contributed by atoms with Gasteiger partial charge in [-0.25, -0.2) is 4.98 Å². The summed E-state index contributed by atoms with van der Waals surface area (Å²) in [7, 11) is 0. The molecule has 0 spiro atoms. The number of H-pyrrole nitrogens is 1. The molecule has 132 valence electrons. The first kappa shape index (κ1) is 16.5. The number of carbonyl (C=O) groups is 1. The van der Waals surface area contributed by atoms with Crippen LogP contribution in [0.3, 0.4) is 0 Å². The Morgan fingerprint density at radius 2 is 1.96 bits per heavy atom. The summed E-state index contributed by atoms with van der Waals surface area (Å²) >= 11 is 0. The van der Waals surface area contributed by atoms with Crippen LogP contribution in [-0.2, 0) is 0 Å². The van der Waals surface area contributed by atoms with E-state index in [0.29, 0.717) is 5.82 Å². The molecule has 3 aromatic rings. The highest BCUT2D eigenvalue weighted by molar-refractivity contribution is 5.94. The van der Waals surface area contributed by atoms with Crippen molar-refractivity contribution in [1.29, 1.82) is 0 Å². The van der Waals surface area contributed by atoms with Crippen LogP contribution in [0.2, 0.25) is 0 Å². The maximum Gasteiger partial charge on any atom is 0.254 e. The van der Waals surface area contributed by atoms with Gasteiger partial charge in [0.15, 0.2) is 5.82 Å². The summed E-state index contributed by atoms with van der Waals surface area (Å²) in [4.78, 5) is 19.7. The average molecular weight is 346 g/mol. The molecule has 2 aromatic carbocycles. The lowest BCUT2D eigenvalue weighted by Crippen LogP contribution is -2.39. The van der Waals surface area contributed by atoms with E-state index in [2.05, 4.69) is 15.2 Å². The van der Waals surface area contributed by atoms with Crippen LogP contribution in [0.15, 0.2) is 54.6 Å². The number of piperidine rings is 1. The summed E-state index contributed by atoms with van der Waals surface area (Å²) in [6.45, 7) is 2.76.